The molecule has 0 aromatic carbocycles. The summed E-state index contributed by atoms with van der Waals surface area (Å²) in [5.74, 6) is -2.27. The Morgan fingerprint density at radius 3 is 2.67 bits per heavy atom. The first-order valence-corrected chi connectivity index (χ1v) is 3.88. The van der Waals surface area contributed by atoms with Gasteiger partial charge in [0.15, 0.2) is 4.67 Å². The van der Waals surface area contributed by atoms with Gasteiger partial charge < -0.3 is 9.52 Å². The number of carbonyl (C=O) groups is 2. The summed E-state index contributed by atoms with van der Waals surface area (Å²) in [5, 5.41) is 8.26. The largest absolute Gasteiger partial charge is 0.475 e. The summed E-state index contributed by atoms with van der Waals surface area (Å²) < 4.78 is 5.30. The molecular formula is C7H5BrO4. The Hall–Kier alpha value is -1.10. The smallest absolute Gasteiger partial charge is 0.372 e. The van der Waals surface area contributed by atoms with Gasteiger partial charge in [0.25, 0.3) is 0 Å². The summed E-state index contributed by atoms with van der Waals surface area (Å²) in [4.78, 5) is 20.8. The number of Topliss-reactive ketones (excluding diaryl/α,β-unsaturated/α-hetero) is 1. The second-order valence-corrected chi connectivity index (χ2v) is 2.95. The number of ketones is 1. The topological polar surface area (TPSA) is 67.5 Å². The molecule has 0 spiro atoms. The molecule has 1 aromatic rings. The van der Waals surface area contributed by atoms with Crippen molar-refractivity contribution in [3.05, 3.63) is 22.6 Å². The first-order valence-electron chi connectivity index (χ1n) is 3.08. The highest BCUT2D eigenvalue weighted by Gasteiger charge is 2.13. The number of rotatable bonds is 3. The van der Waals surface area contributed by atoms with Crippen LogP contribution in [0.2, 0.25) is 0 Å². The molecule has 0 aliphatic heterocycles. The van der Waals surface area contributed by atoms with Crippen molar-refractivity contribution in [3.8, 4) is 0 Å². The van der Waals surface area contributed by atoms with Crippen molar-refractivity contribution in [3.63, 3.8) is 0 Å². The van der Waals surface area contributed by atoms with Crippen molar-refractivity contribution >= 4 is 27.7 Å². The maximum Gasteiger partial charge on any atom is 0.372 e. The van der Waals surface area contributed by atoms with E-state index >= 15 is 0 Å². The molecular weight excluding hydrogens is 228 g/mol. The van der Waals surface area contributed by atoms with Crippen molar-refractivity contribution in [2.75, 3.05) is 0 Å². The number of halogens is 1. The van der Waals surface area contributed by atoms with Gasteiger partial charge in [0.1, 0.15) is 0 Å². The molecule has 0 radical (unpaired) electrons. The van der Waals surface area contributed by atoms with Crippen LogP contribution in [0.1, 0.15) is 5.56 Å². The number of carboxylic acids is 1. The van der Waals surface area contributed by atoms with Gasteiger partial charge in [-0.25, -0.2) is 4.79 Å². The Morgan fingerprint density at radius 1 is 1.58 bits per heavy atom. The molecule has 4 nitrogen and oxygen atoms in total. The van der Waals surface area contributed by atoms with Gasteiger partial charge in [0.2, 0.25) is 5.78 Å². The maximum absolute atomic E-state index is 10.7. The van der Waals surface area contributed by atoms with E-state index in [2.05, 4.69) is 15.9 Å². The monoisotopic (exact) mass is 232 g/mol. The standard InChI is InChI=1S/C7H5BrO4/c8-6-2-4(3-12-6)1-5(9)7(10)11/h2-3H,1H2,(H,10,11). The zero-order chi connectivity index (χ0) is 9.14. The van der Waals surface area contributed by atoms with Crippen molar-refractivity contribution in [1.29, 1.82) is 0 Å². The summed E-state index contributed by atoms with van der Waals surface area (Å²) in [6, 6.07) is 1.56. The van der Waals surface area contributed by atoms with Crippen LogP contribution in [0.5, 0.6) is 0 Å². The van der Waals surface area contributed by atoms with E-state index in [0.29, 0.717) is 10.2 Å². The number of furan rings is 1. The highest BCUT2D eigenvalue weighted by Crippen LogP contribution is 2.14. The summed E-state index contributed by atoms with van der Waals surface area (Å²) in [5.41, 5.74) is 0.550. The van der Waals surface area contributed by atoms with Crippen molar-refractivity contribution in [1.82, 2.24) is 0 Å². The van der Waals surface area contributed by atoms with Crippen LogP contribution in [0.25, 0.3) is 0 Å². The maximum atomic E-state index is 10.7. The molecule has 1 rings (SSSR count). The van der Waals surface area contributed by atoms with E-state index < -0.39 is 11.8 Å². The van der Waals surface area contributed by atoms with Crippen LogP contribution in [0.15, 0.2) is 21.4 Å². The average molecular weight is 233 g/mol. The second-order valence-electron chi connectivity index (χ2n) is 2.16. The molecule has 0 fully saturated rings. The molecule has 0 bridgehead atoms. The van der Waals surface area contributed by atoms with Gasteiger partial charge in [-0.05, 0) is 27.6 Å². The molecule has 1 aromatic heterocycles. The zero-order valence-corrected chi connectivity index (χ0v) is 7.50. The highest BCUT2D eigenvalue weighted by atomic mass is 79.9. The van der Waals surface area contributed by atoms with Gasteiger partial charge in [0, 0.05) is 6.42 Å². The Labute approximate surface area is 76.3 Å². The van der Waals surface area contributed by atoms with E-state index in [1.54, 1.807) is 6.07 Å². The van der Waals surface area contributed by atoms with Crippen molar-refractivity contribution in [2.24, 2.45) is 0 Å². The minimum atomic E-state index is -1.42. The van der Waals surface area contributed by atoms with E-state index in [9.17, 15) is 9.59 Å². The number of aliphatic carboxylic acids is 1. The minimum absolute atomic E-state index is 0.134. The molecule has 0 amide bonds. The van der Waals surface area contributed by atoms with Crippen LogP contribution in [0, 0.1) is 0 Å². The van der Waals surface area contributed by atoms with Gasteiger partial charge >= 0.3 is 5.97 Å². The molecule has 0 atom stereocenters. The lowest BCUT2D eigenvalue weighted by atomic mass is 10.2. The Balaban J connectivity index is 2.64. The third-order valence-electron chi connectivity index (χ3n) is 1.22. The fraction of sp³-hybridized carbons (Fsp3) is 0.143. The zero-order valence-electron chi connectivity index (χ0n) is 5.91. The number of carbonyl (C=O) groups excluding carboxylic acids is 1. The lowest BCUT2D eigenvalue weighted by molar-refractivity contribution is -0.148. The molecule has 0 aliphatic carbocycles. The summed E-state index contributed by atoms with van der Waals surface area (Å²) in [6.07, 6.45) is 1.20. The summed E-state index contributed by atoms with van der Waals surface area (Å²) in [6.45, 7) is 0. The Kier molecular flexibility index (Phi) is 2.65. The van der Waals surface area contributed by atoms with Crippen LogP contribution in [-0.2, 0) is 16.0 Å². The van der Waals surface area contributed by atoms with E-state index in [-0.39, 0.29) is 6.42 Å². The SMILES string of the molecule is O=C(O)C(=O)Cc1coc(Br)c1. The molecule has 0 saturated carbocycles. The quantitative estimate of drug-likeness (QED) is 0.797. The lowest BCUT2D eigenvalue weighted by Crippen LogP contribution is -2.14. The number of hydrogen-bond acceptors (Lipinski definition) is 3. The van der Waals surface area contributed by atoms with E-state index in [0.717, 1.165) is 0 Å². The van der Waals surface area contributed by atoms with E-state index in [4.69, 9.17) is 9.52 Å². The van der Waals surface area contributed by atoms with Gasteiger partial charge in [-0.2, -0.15) is 0 Å². The fourth-order valence-corrected chi connectivity index (χ4v) is 1.09. The predicted octanol–water partition coefficient (Wildman–Crippen LogP) is 1.24. The van der Waals surface area contributed by atoms with Crippen molar-refractivity contribution in [2.45, 2.75) is 6.42 Å². The molecule has 64 valence electrons. The van der Waals surface area contributed by atoms with E-state index in [1.807, 2.05) is 0 Å². The van der Waals surface area contributed by atoms with Crippen LogP contribution in [-0.4, -0.2) is 16.9 Å². The normalized spacial score (nSPS) is 9.75. The third kappa shape index (κ3) is 2.20. The van der Waals surface area contributed by atoms with Gasteiger partial charge in [-0.3, -0.25) is 4.79 Å². The summed E-state index contributed by atoms with van der Waals surface area (Å²) >= 11 is 3.03. The summed E-state index contributed by atoms with van der Waals surface area (Å²) in [7, 11) is 0. The van der Waals surface area contributed by atoms with E-state index in [1.165, 1.54) is 6.26 Å². The minimum Gasteiger partial charge on any atom is -0.475 e. The first-order chi connectivity index (χ1) is 5.59. The van der Waals surface area contributed by atoms with Crippen LogP contribution < -0.4 is 0 Å². The number of carboxylic acid groups (broad SMARTS) is 1. The fourth-order valence-electron chi connectivity index (χ4n) is 0.699. The average Bonchev–Trinajstić information content (AvgIpc) is 2.35. The number of hydrogen-bond donors (Lipinski definition) is 1. The first kappa shape index (κ1) is 8.99. The lowest BCUT2D eigenvalue weighted by Gasteiger charge is -1.88. The Bertz CT molecular complexity index is 315. The van der Waals surface area contributed by atoms with Crippen LogP contribution in [0.4, 0.5) is 0 Å². The Morgan fingerprint density at radius 2 is 2.25 bits per heavy atom. The molecule has 0 aliphatic rings. The highest BCUT2D eigenvalue weighted by molar-refractivity contribution is 9.10. The van der Waals surface area contributed by atoms with Gasteiger partial charge in [-0.15, -0.1) is 0 Å². The molecule has 1 heterocycles. The van der Waals surface area contributed by atoms with Gasteiger partial charge in [0.05, 0.1) is 6.26 Å². The predicted molar refractivity (Wildman–Crippen MR) is 42.8 cm³/mol. The molecule has 0 saturated heterocycles. The molecule has 5 heteroatoms. The van der Waals surface area contributed by atoms with Gasteiger partial charge in [-0.1, -0.05) is 0 Å². The second kappa shape index (κ2) is 3.53. The molecule has 1 N–H and O–H groups in total. The van der Waals surface area contributed by atoms with Crippen LogP contribution in [0.3, 0.4) is 0 Å². The third-order valence-corrected chi connectivity index (χ3v) is 1.64. The van der Waals surface area contributed by atoms with Crippen molar-refractivity contribution < 1.29 is 19.1 Å². The molecule has 12 heavy (non-hydrogen) atoms. The van der Waals surface area contributed by atoms with Crippen LogP contribution >= 0.6 is 15.9 Å². The molecule has 0 unspecified atom stereocenters.